The monoisotopic (exact) mass is 243 g/mol. The number of para-hydroxylation sites is 1. The minimum atomic E-state index is 0.0662. The van der Waals surface area contributed by atoms with Crippen LogP contribution < -0.4 is 5.32 Å². The topological polar surface area (TPSA) is 29.1 Å². The molecule has 96 valence electrons. The molecule has 1 heterocycles. The molecule has 2 nitrogen and oxygen atoms in total. The average molecular weight is 243 g/mol. The summed E-state index contributed by atoms with van der Waals surface area (Å²) >= 11 is 0. The zero-order chi connectivity index (χ0) is 12.8. The number of hydrogen-bond donors (Lipinski definition) is 1. The summed E-state index contributed by atoms with van der Waals surface area (Å²) in [7, 11) is 0. The molecule has 1 saturated carbocycles. The first kappa shape index (κ1) is 11.8. The van der Waals surface area contributed by atoms with Crippen molar-refractivity contribution in [3.05, 3.63) is 29.8 Å². The molecule has 1 aliphatic carbocycles. The number of benzene rings is 1. The lowest BCUT2D eigenvalue weighted by molar-refractivity contribution is -0.119. The summed E-state index contributed by atoms with van der Waals surface area (Å²) in [4.78, 5) is 12.3. The summed E-state index contributed by atoms with van der Waals surface area (Å²) in [6, 6.07) is 8.17. The number of anilines is 1. The van der Waals surface area contributed by atoms with E-state index in [9.17, 15) is 4.79 Å². The van der Waals surface area contributed by atoms with E-state index in [2.05, 4.69) is 25.2 Å². The lowest BCUT2D eigenvalue weighted by Gasteiger charge is -2.41. The lowest BCUT2D eigenvalue weighted by Crippen LogP contribution is -2.35. The molecule has 1 amide bonds. The maximum atomic E-state index is 12.3. The highest BCUT2D eigenvalue weighted by Crippen LogP contribution is 2.51. The van der Waals surface area contributed by atoms with Crippen LogP contribution in [-0.2, 0) is 4.79 Å². The Morgan fingerprint density at radius 2 is 2.00 bits per heavy atom. The third kappa shape index (κ3) is 1.75. The molecule has 0 aromatic heterocycles. The van der Waals surface area contributed by atoms with Crippen LogP contribution in [0, 0.1) is 11.3 Å². The Balaban J connectivity index is 1.99. The summed E-state index contributed by atoms with van der Waals surface area (Å²) < 4.78 is 0. The zero-order valence-electron chi connectivity index (χ0n) is 11.2. The first-order valence-corrected chi connectivity index (χ1v) is 6.99. The van der Waals surface area contributed by atoms with Crippen LogP contribution in [0.15, 0.2) is 24.3 Å². The van der Waals surface area contributed by atoms with E-state index in [1.165, 1.54) is 31.2 Å². The summed E-state index contributed by atoms with van der Waals surface area (Å²) in [6.07, 6.45) is 4.99. The number of carbonyl (C=O) groups excluding carboxylic acids is 1. The standard InChI is InChI=1S/C16H21NO/c1-16(2)10-6-5-8-12(16)14-11-7-3-4-9-13(11)17-15(14)18/h3-4,7,9,12,14H,5-6,8,10H2,1-2H3,(H,17,18). The molecule has 2 atom stereocenters. The Bertz CT molecular complexity index is 478. The van der Waals surface area contributed by atoms with Crippen molar-refractivity contribution in [2.75, 3.05) is 5.32 Å². The Morgan fingerprint density at radius 3 is 2.78 bits per heavy atom. The van der Waals surface area contributed by atoms with E-state index in [1.807, 2.05) is 18.2 Å². The van der Waals surface area contributed by atoms with Crippen LogP contribution >= 0.6 is 0 Å². The first-order chi connectivity index (χ1) is 8.59. The minimum Gasteiger partial charge on any atom is -0.325 e. The number of carbonyl (C=O) groups is 1. The van der Waals surface area contributed by atoms with Gasteiger partial charge in [-0.15, -0.1) is 0 Å². The molecule has 2 heteroatoms. The summed E-state index contributed by atoms with van der Waals surface area (Å²) in [5, 5.41) is 3.04. The van der Waals surface area contributed by atoms with Gasteiger partial charge >= 0.3 is 0 Å². The highest BCUT2D eigenvalue weighted by atomic mass is 16.2. The van der Waals surface area contributed by atoms with E-state index in [-0.39, 0.29) is 17.2 Å². The van der Waals surface area contributed by atoms with Crippen molar-refractivity contribution in [3.8, 4) is 0 Å². The Kier molecular flexibility index (Phi) is 2.69. The molecule has 0 saturated heterocycles. The van der Waals surface area contributed by atoms with E-state index in [4.69, 9.17) is 0 Å². The van der Waals surface area contributed by atoms with Crippen molar-refractivity contribution in [1.29, 1.82) is 0 Å². The lowest BCUT2D eigenvalue weighted by atomic mass is 9.63. The SMILES string of the molecule is CC1(C)CCCCC1C1C(=O)Nc2ccccc21. The van der Waals surface area contributed by atoms with Gasteiger partial charge in [-0.1, -0.05) is 44.9 Å². The van der Waals surface area contributed by atoms with Gasteiger partial charge < -0.3 is 5.32 Å². The van der Waals surface area contributed by atoms with Gasteiger partial charge in [-0.2, -0.15) is 0 Å². The summed E-state index contributed by atoms with van der Waals surface area (Å²) in [5.41, 5.74) is 2.51. The predicted octanol–water partition coefficient (Wildman–Crippen LogP) is 3.94. The number of amides is 1. The van der Waals surface area contributed by atoms with Gasteiger partial charge in [0.25, 0.3) is 0 Å². The highest BCUT2D eigenvalue weighted by Gasteiger charge is 2.44. The largest absolute Gasteiger partial charge is 0.325 e. The smallest absolute Gasteiger partial charge is 0.232 e. The van der Waals surface area contributed by atoms with E-state index in [1.54, 1.807) is 0 Å². The van der Waals surface area contributed by atoms with Crippen molar-refractivity contribution >= 4 is 11.6 Å². The number of nitrogens with one attached hydrogen (secondary N) is 1. The van der Waals surface area contributed by atoms with Crippen LogP contribution in [0.25, 0.3) is 0 Å². The van der Waals surface area contributed by atoms with Crippen molar-refractivity contribution < 1.29 is 4.79 Å². The Hall–Kier alpha value is -1.31. The van der Waals surface area contributed by atoms with Gasteiger partial charge in [-0.3, -0.25) is 4.79 Å². The van der Waals surface area contributed by atoms with Crippen molar-refractivity contribution in [2.24, 2.45) is 11.3 Å². The van der Waals surface area contributed by atoms with Gasteiger partial charge in [0, 0.05) is 5.69 Å². The van der Waals surface area contributed by atoms with Crippen LogP contribution in [0.3, 0.4) is 0 Å². The van der Waals surface area contributed by atoms with Crippen LogP contribution in [0.5, 0.6) is 0 Å². The summed E-state index contributed by atoms with van der Waals surface area (Å²) in [5.74, 6) is 0.752. The molecule has 0 spiro atoms. The predicted molar refractivity (Wildman–Crippen MR) is 73.6 cm³/mol. The van der Waals surface area contributed by atoms with Crippen molar-refractivity contribution in [1.82, 2.24) is 0 Å². The maximum absolute atomic E-state index is 12.3. The average Bonchev–Trinajstić information content (AvgIpc) is 2.65. The van der Waals surface area contributed by atoms with E-state index in [0.717, 1.165) is 5.69 Å². The Labute approximate surface area is 109 Å². The molecule has 18 heavy (non-hydrogen) atoms. The molecule has 2 aliphatic rings. The minimum absolute atomic E-state index is 0.0662. The number of rotatable bonds is 1. The third-order valence-corrected chi connectivity index (χ3v) is 4.83. The fourth-order valence-corrected chi connectivity index (χ4v) is 3.77. The van der Waals surface area contributed by atoms with Crippen molar-refractivity contribution in [3.63, 3.8) is 0 Å². The molecule has 1 fully saturated rings. The second-order valence-electron chi connectivity index (χ2n) is 6.40. The molecule has 1 aromatic carbocycles. The molecule has 2 unspecified atom stereocenters. The van der Waals surface area contributed by atoms with Gasteiger partial charge in [0.2, 0.25) is 5.91 Å². The quantitative estimate of drug-likeness (QED) is 0.795. The molecular formula is C16H21NO. The molecular weight excluding hydrogens is 222 g/mol. The van der Waals surface area contributed by atoms with Crippen molar-refractivity contribution in [2.45, 2.75) is 45.4 Å². The Morgan fingerprint density at radius 1 is 1.22 bits per heavy atom. The zero-order valence-corrected chi connectivity index (χ0v) is 11.2. The summed E-state index contributed by atoms with van der Waals surface area (Å²) in [6.45, 7) is 4.65. The van der Waals surface area contributed by atoms with Gasteiger partial charge in [0.05, 0.1) is 5.92 Å². The van der Waals surface area contributed by atoms with E-state index >= 15 is 0 Å². The fourth-order valence-electron chi connectivity index (χ4n) is 3.77. The molecule has 1 N–H and O–H groups in total. The van der Waals surface area contributed by atoms with Crippen LogP contribution in [0.2, 0.25) is 0 Å². The second kappa shape index (κ2) is 4.11. The van der Waals surface area contributed by atoms with Gasteiger partial charge in [0.15, 0.2) is 0 Å². The van der Waals surface area contributed by atoms with Crippen LogP contribution in [0.1, 0.15) is 51.0 Å². The first-order valence-electron chi connectivity index (χ1n) is 6.99. The normalized spacial score (nSPS) is 29.8. The van der Waals surface area contributed by atoms with Gasteiger partial charge in [-0.05, 0) is 35.8 Å². The highest BCUT2D eigenvalue weighted by molar-refractivity contribution is 6.03. The molecule has 0 radical (unpaired) electrons. The molecule has 1 aromatic rings. The number of fused-ring (bicyclic) bond motifs is 1. The van der Waals surface area contributed by atoms with E-state index < -0.39 is 0 Å². The van der Waals surface area contributed by atoms with E-state index in [0.29, 0.717) is 5.92 Å². The molecule has 3 rings (SSSR count). The third-order valence-electron chi connectivity index (χ3n) is 4.83. The maximum Gasteiger partial charge on any atom is 0.232 e. The second-order valence-corrected chi connectivity index (χ2v) is 6.40. The van der Waals surface area contributed by atoms with Crippen LogP contribution in [0.4, 0.5) is 5.69 Å². The number of hydrogen-bond acceptors (Lipinski definition) is 1. The van der Waals surface area contributed by atoms with Gasteiger partial charge in [-0.25, -0.2) is 0 Å². The van der Waals surface area contributed by atoms with Crippen LogP contribution in [-0.4, -0.2) is 5.91 Å². The van der Waals surface area contributed by atoms with Gasteiger partial charge in [0.1, 0.15) is 0 Å². The molecule has 1 aliphatic heterocycles. The fraction of sp³-hybridized carbons (Fsp3) is 0.562. The molecule has 0 bridgehead atoms.